The van der Waals surface area contributed by atoms with E-state index >= 15 is 0 Å². The number of anilines is 2. The molecule has 0 bridgehead atoms. The molecule has 2 aromatic heterocycles. The van der Waals surface area contributed by atoms with Crippen LogP contribution in [0.2, 0.25) is 0 Å². The Hall–Kier alpha value is -4.34. The molecule has 4 aromatic rings. The fourth-order valence-electron chi connectivity index (χ4n) is 4.04. The third-order valence-electron chi connectivity index (χ3n) is 5.86. The van der Waals surface area contributed by atoms with E-state index in [0.29, 0.717) is 36.0 Å². The maximum absolute atomic E-state index is 12.7. The van der Waals surface area contributed by atoms with E-state index in [1.54, 1.807) is 19.2 Å². The Morgan fingerprint density at radius 3 is 2.44 bits per heavy atom. The molecule has 3 heterocycles. The first-order valence-corrected chi connectivity index (χ1v) is 10.8. The molecule has 0 amide bonds. The number of esters is 1. The molecule has 1 aliphatic rings. The molecule has 0 radical (unpaired) electrons. The minimum absolute atomic E-state index is 0.191. The summed E-state index contributed by atoms with van der Waals surface area (Å²) in [6, 6.07) is 16.7. The maximum Gasteiger partial charge on any atom is 0.344 e. The zero-order valence-electron chi connectivity index (χ0n) is 18.8. The summed E-state index contributed by atoms with van der Waals surface area (Å²) in [5.41, 5.74) is 1.77. The predicted octanol–water partition coefficient (Wildman–Crippen LogP) is 1.71. The van der Waals surface area contributed by atoms with Gasteiger partial charge in [-0.05, 0) is 29.8 Å². The zero-order valence-corrected chi connectivity index (χ0v) is 18.8. The average molecular weight is 461 g/mol. The number of fused-ring (bicyclic) bond motifs is 3. The molecule has 5 rings (SSSR count). The molecule has 0 fully saturated rings. The van der Waals surface area contributed by atoms with Gasteiger partial charge < -0.3 is 18.9 Å². The Kier molecular flexibility index (Phi) is 5.40. The van der Waals surface area contributed by atoms with Crippen LogP contribution in [0.15, 0.2) is 64.2 Å². The lowest BCUT2D eigenvalue weighted by Crippen LogP contribution is -2.37. The highest BCUT2D eigenvalue weighted by Crippen LogP contribution is 2.32. The molecule has 0 N–H and O–H groups in total. The van der Waals surface area contributed by atoms with Gasteiger partial charge in [0.1, 0.15) is 12.4 Å². The largest absolute Gasteiger partial charge is 0.482 e. The number of hydrogen-bond donors (Lipinski definition) is 0. The van der Waals surface area contributed by atoms with Crippen LogP contribution in [-0.2, 0) is 36.8 Å². The maximum atomic E-state index is 12.7. The van der Waals surface area contributed by atoms with Crippen LogP contribution in [-0.4, -0.2) is 37.8 Å². The second-order valence-electron chi connectivity index (χ2n) is 8.02. The topological polar surface area (TPSA) is 101 Å². The van der Waals surface area contributed by atoms with E-state index in [4.69, 9.17) is 9.47 Å². The van der Waals surface area contributed by atoms with Gasteiger partial charge in [0, 0.05) is 32.9 Å². The van der Waals surface area contributed by atoms with Crippen LogP contribution in [0.25, 0.3) is 11.2 Å². The number of aromatic nitrogens is 4. The van der Waals surface area contributed by atoms with Gasteiger partial charge in [0.2, 0.25) is 5.95 Å². The van der Waals surface area contributed by atoms with Gasteiger partial charge in [0.25, 0.3) is 5.56 Å². The SMILES string of the molecule is Cn1c(=O)c2c(nc3n2CCN3c2ccc(OCC(=O)OCc3ccccc3)cc2)n(C)c1=O. The first-order valence-electron chi connectivity index (χ1n) is 10.8. The number of benzene rings is 2. The van der Waals surface area contributed by atoms with E-state index < -0.39 is 11.7 Å². The van der Waals surface area contributed by atoms with Gasteiger partial charge in [0.15, 0.2) is 17.8 Å². The zero-order chi connectivity index (χ0) is 23.8. The summed E-state index contributed by atoms with van der Waals surface area (Å²) in [6.07, 6.45) is 0. The van der Waals surface area contributed by atoms with Gasteiger partial charge >= 0.3 is 11.7 Å². The minimum Gasteiger partial charge on any atom is -0.482 e. The van der Waals surface area contributed by atoms with Crippen LogP contribution in [0.3, 0.4) is 0 Å². The molecule has 10 heteroatoms. The first-order chi connectivity index (χ1) is 16.4. The van der Waals surface area contributed by atoms with E-state index in [9.17, 15) is 14.4 Å². The summed E-state index contributed by atoms with van der Waals surface area (Å²) < 4.78 is 15.1. The number of aryl methyl sites for hydroxylation is 1. The Morgan fingerprint density at radius 2 is 1.71 bits per heavy atom. The number of carbonyl (C=O) groups is 1. The van der Waals surface area contributed by atoms with Crippen molar-refractivity contribution in [3.05, 3.63) is 81.0 Å². The quantitative estimate of drug-likeness (QED) is 0.403. The second-order valence-corrected chi connectivity index (χ2v) is 8.02. The highest BCUT2D eigenvalue weighted by molar-refractivity contribution is 5.77. The summed E-state index contributed by atoms with van der Waals surface area (Å²) in [7, 11) is 3.07. The van der Waals surface area contributed by atoms with Crippen molar-refractivity contribution in [1.82, 2.24) is 18.7 Å². The lowest BCUT2D eigenvalue weighted by Gasteiger charge is -2.16. The lowest BCUT2D eigenvalue weighted by atomic mass is 10.2. The van der Waals surface area contributed by atoms with E-state index in [0.717, 1.165) is 15.8 Å². The second kappa shape index (κ2) is 8.54. The summed E-state index contributed by atoms with van der Waals surface area (Å²) >= 11 is 0. The number of ether oxygens (including phenoxy) is 2. The van der Waals surface area contributed by atoms with Crippen molar-refractivity contribution in [3.8, 4) is 5.75 Å². The average Bonchev–Trinajstić information content (AvgIpc) is 3.44. The molecular formula is C24H23N5O5. The highest BCUT2D eigenvalue weighted by atomic mass is 16.6. The number of imidazole rings is 1. The van der Waals surface area contributed by atoms with Crippen molar-refractivity contribution in [2.75, 3.05) is 18.1 Å². The first kappa shape index (κ1) is 21.5. The molecule has 174 valence electrons. The molecule has 0 spiro atoms. The van der Waals surface area contributed by atoms with Crippen molar-refractivity contribution in [1.29, 1.82) is 0 Å². The van der Waals surface area contributed by atoms with Crippen molar-refractivity contribution >= 4 is 28.8 Å². The Bertz CT molecular complexity index is 1480. The molecule has 0 aliphatic carbocycles. The molecule has 0 saturated carbocycles. The fraction of sp³-hybridized carbons (Fsp3) is 0.250. The molecule has 10 nitrogen and oxygen atoms in total. The number of carbonyl (C=O) groups excluding carboxylic acids is 1. The molecular weight excluding hydrogens is 438 g/mol. The van der Waals surface area contributed by atoms with Crippen LogP contribution in [0.1, 0.15) is 5.56 Å². The van der Waals surface area contributed by atoms with Crippen LogP contribution >= 0.6 is 0 Å². The lowest BCUT2D eigenvalue weighted by molar-refractivity contribution is -0.147. The van der Waals surface area contributed by atoms with Gasteiger partial charge in [0.05, 0.1) is 0 Å². The van der Waals surface area contributed by atoms with Gasteiger partial charge in [-0.15, -0.1) is 0 Å². The Balaban J connectivity index is 1.28. The highest BCUT2D eigenvalue weighted by Gasteiger charge is 2.28. The number of hydrogen-bond acceptors (Lipinski definition) is 7. The van der Waals surface area contributed by atoms with Crippen LogP contribution in [0, 0.1) is 0 Å². The summed E-state index contributed by atoms with van der Waals surface area (Å²) in [5, 5.41) is 0. The third kappa shape index (κ3) is 3.72. The fourth-order valence-corrected chi connectivity index (χ4v) is 4.04. The van der Waals surface area contributed by atoms with E-state index in [1.165, 1.54) is 11.6 Å². The molecule has 34 heavy (non-hydrogen) atoms. The van der Waals surface area contributed by atoms with Crippen LogP contribution in [0.4, 0.5) is 11.6 Å². The summed E-state index contributed by atoms with van der Waals surface area (Å²) in [4.78, 5) is 43.5. The Morgan fingerprint density at radius 1 is 0.971 bits per heavy atom. The van der Waals surface area contributed by atoms with Gasteiger partial charge in [-0.1, -0.05) is 30.3 Å². The molecule has 0 unspecified atom stereocenters. The van der Waals surface area contributed by atoms with Crippen molar-refractivity contribution in [2.45, 2.75) is 13.2 Å². The van der Waals surface area contributed by atoms with Crippen molar-refractivity contribution in [2.24, 2.45) is 14.1 Å². The van der Waals surface area contributed by atoms with Crippen molar-refractivity contribution in [3.63, 3.8) is 0 Å². The van der Waals surface area contributed by atoms with E-state index in [2.05, 4.69) is 4.98 Å². The number of nitrogens with zero attached hydrogens (tertiary/aromatic N) is 5. The van der Waals surface area contributed by atoms with E-state index in [-0.39, 0.29) is 18.8 Å². The molecule has 1 aliphatic heterocycles. The smallest absolute Gasteiger partial charge is 0.344 e. The third-order valence-corrected chi connectivity index (χ3v) is 5.86. The normalized spacial score (nSPS) is 12.7. The van der Waals surface area contributed by atoms with E-state index in [1.807, 2.05) is 51.9 Å². The van der Waals surface area contributed by atoms with Crippen molar-refractivity contribution < 1.29 is 14.3 Å². The van der Waals surface area contributed by atoms with Crippen LogP contribution in [0.5, 0.6) is 5.75 Å². The van der Waals surface area contributed by atoms with Gasteiger partial charge in [-0.3, -0.25) is 13.9 Å². The van der Waals surface area contributed by atoms with Gasteiger partial charge in [-0.2, -0.15) is 4.98 Å². The minimum atomic E-state index is -0.451. The predicted molar refractivity (Wildman–Crippen MR) is 125 cm³/mol. The standard InChI is InChI=1S/C24H23N5O5/c1-26-21-20(22(31)27(2)24(26)32)29-13-12-28(23(29)25-21)17-8-10-18(11-9-17)33-15-19(30)34-14-16-6-4-3-5-7-16/h3-11H,12-15H2,1-2H3. The molecule has 0 atom stereocenters. The monoisotopic (exact) mass is 461 g/mol. The number of rotatable bonds is 6. The van der Waals surface area contributed by atoms with Crippen LogP contribution < -0.4 is 20.9 Å². The van der Waals surface area contributed by atoms with Gasteiger partial charge in [-0.25, -0.2) is 9.59 Å². The summed E-state index contributed by atoms with van der Waals surface area (Å²) in [5.74, 6) is 0.684. The summed E-state index contributed by atoms with van der Waals surface area (Å²) in [6.45, 7) is 1.22. The Labute approximate surface area is 194 Å². The molecule has 0 saturated heterocycles. The molecule has 2 aromatic carbocycles.